The van der Waals surface area contributed by atoms with E-state index in [0.717, 1.165) is 26.4 Å². The molecule has 7 heteroatoms. The van der Waals surface area contributed by atoms with Gasteiger partial charge < -0.3 is 4.90 Å². The van der Waals surface area contributed by atoms with Crippen molar-refractivity contribution in [1.82, 2.24) is 9.88 Å². The molecule has 5 rings (SSSR count). The molecule has 3 amide bonds. The highest BCUT2D eigenvalue weighted by Crippen LogP contribution is 2.33. The number of carbonyl (C=O) groups is 3. The third kappa shape index (κ3) is 4.66. The van der Waals surface area contributed by atoms with Gasteiger partial charge in [-0.25, -0.2) is 9.88 Å². The molecule has 3 aromatic carbocycles. The molecular weight excluding hydrogens is 470 g/mol. The molecule has 1 aromatic heterocycles. The molecule has 0 bridgehead atoms. The van der Waals surface area contributed by atoms with E-state index in [4.69, 9.17) is 4.98 Å². The minimum absolute atomic E-state index is 0.0138. The Labute approximate surface area is 214 Å². The Morgan fingerprint density at radius 2 is 1.81 bits per heavy atom. The van der Waals surface area contributed by atoms with E-state index >= 15 is 0 Å². The van der Waals surface area contributed by atoms with Crippen LogP contribution < -0.4 is 4.90 Å². The largest absolute Gasteiger partial charge is 0.326 e. The molecule has 182 valence electrons. The number of hydrogen-bond acceptors (Lipinski definition) is 5. The first-order valence-corrected chi connectivity index (χ1v) is 12.9. The molecule has 1 saturated heterocycles. The molecule has 0 aliphatic carbocycles. The molecule has 1 aliphatic rings. The van der Waals surface area contributed by atoms with Crippen LogP contribution >= 0.6 is 11.3 Å². The number of fused-ring (bicyclic) bond motifs is 1. The number of hydrogen-bond donors (Lipinski definition) is 0. The van der Waals surface area contributed by atoms with E-state index in [1.807, 2.05) is 61.5 Å². The predicted octanol–water partition coefficient (Wildman–Crippen LogP) is 5.73. The summed E-state index contributed by atoms with van der Waals surface area (Å²) in [4.78, 5) is 46.9. The monoisotopic (exact) mass is 497 g/mol. The van der Waals surface area contributed by atoms with Crippen molar-refractivity contribution in [3.05, 3.63) is 83.9 Å². The van der Waals surface area contributed by atoms with E-state index in [9.17, 15) is 14.4 Å². The third-order valence-corrected chi connectivity index (χ3v) is 7.46. The van der Waals surface area contributed by atoms with Gasteiger partial charge in [0.05, 0.1) is 22.3 Å². The Morgan fingerprint density at radius 1 is 1.06 bits per heavy atom. The highest BCUT2D eigenvalue weighted by molar-refractivity contribution is 7.21. The fourth-order valence-electron chi connectivity index (χ4n) is 4.55. The number of thiazole rings is 1. The van der Waals surface area contributed by atoms with E-state index in [1.54, 1.807) is 28.4 Å². The van der Waals surface area contributed by atoms with Crippen LogP contribution in [0.5, 0.6) is 0 Å². The number of benzene rings is 3. The molecule has 1 atom stereocenters. The summed E-state index contributed by atoms with van der Waals surface area (Å²) in [6, 6.07) is 22.3. The maximum Gasteiger partial charge on any atom is 0.257 e. The second kappa shape index (κ2) is 10.0. The Balaban J connectivity index is 1.39. The molecule has 4 aromatic rings. The van der Waals surface area contributed by atoms with Gasteiger partial charge in [-0.2, -0.15) is 0 Å². The van der Waals surface area contributed by atoms with Crippen LogP contribution in [0, 0.1) is 6.92 Å². The summed E-state index contributed by atoms with van der Waals surface area (Å²) < 4.78 is 1.12. The van der Waals surface area contributed by atoms with Gasteiger partial charge in [0.1, 0.15) is 11.0 Å². The number of nitrogens with zero attached hydrogens (tertiary/aromatic N) is 3. The lowest BCUT2D eigenvalue weighted by Crippen LogP contribution is -2.45. The van der Waals surface area contributed by atoms with Crippen molar-refractivity contribution in [2.45, 2.75) is 45.7 Å². The van der Waals surface area contributed by atoms with Crippen molar-refractivity contribution < 1.29 is 14.4 Å². The van der Waals surface area contributed by atoms with Crippen molar-refractivity contribution in [2.24, 2.45) is 0 Å². The van der Waals surface area contributed by atoms with Crippen molar-refractivity contribution in [2.75, 3.05) is 4.90 Å². The average molecular weight is 498 g/mol. The first kappa shape index (κ1) is 23.9. The molecule has 36 heavy (non-hydrogen) atoms. The van der Waals surface area contributed by atoms with Crippen molar-refractivity contribution >= 4 is 45.0 Å². The van der Waals surface area contributed by atoms with Gasteiger partial charge in [0.15, 0.2) is 0 Å². The van der Waals surface area contributed by atoms with Crippen molar-refractivity contribution in [3.63, 3.8) is 0 Å². The zero-order valence-electron chi connectivity index (χ0n) is 20.3. The predicted molar refractivity (Wildman–Crippen MR) is 143 cm³/mol. The first-order chi connectivity index (χ1) is 17.4. The van der Waals surface area contributed by atoms with Crippen molar-refractivity contribution in [1.29, 1.82) is 0 Å². The molecule has 0 N–H and O–H groups in total. The lowest BCUT2D eigenvalue weighted by Gasteiger charge is -2.28. The van der Waals surface area contributed by atoms with Crippen LogP contribution in [0.3, 0.4) is 0 Å². The molecule has 6 nitrogen and oxygen atoms in total. The van der Waals surface area contributed by atoms with Gasteiger partial charge in [-0.3, -0.25) is 14.4 Å². The normalized spacial score (nSPS) is 15.6. The lowest BCUT2D eigenvalue weighted by molar-refractivity contribution is -0.139. The SMILES string of the molecule is CCCC(=O)N(Cc1ccccc1)C1CC(=O)N(c2ccc(-c3nc4ccc(C)cc4s3)cc2)C1=O. The molecule has 1 unspecified atom stereocenters. The van der Waals surface area contributed by atoms with Gasteiger partial charge in [0.25, 0.3) is 5.91 Å². The summed E-state index contributed by atoms with van der Waals surface area (Å²) in [5.41, 5.74) is 4.50. The van der Waals surface area contributed by atoms with Gasteiger partial charge >= 0.3 is 0 Å². The number of carbonyl (C=O) groups excluding carboxylic acids is 3. The van der Waals surface area contributed by atoms with E-state index in [2.05, 4.69) is 13.0 Å². The third-order valence-electron chi connectivity index (χ3n) is 6.40. The van der Waals surface area contributed by atoms with Crippen LogP contribution in [0.1, 0.15) is 37.3 Å². The zero-order valence-corrected chi connectivity index (χ0v) is 21.1. The second-order valence-electron chi connectivity index (χ2n) is 9.08. The smallest absolute Gasteiger partial charge is 0.257 e. The molecule has 2 heterocycles. The maximum atomic E-state index is 13.5. The van der Waals surface area contributed by atoms with Crippen LogP contribution in [0.4, 0.5) is 5.69 Å². The van der Waals surface area contributed by atoms with E-state index in [-0.39, 0.29) is 24.1 Å². The highest BCUT2D eigenvalue weighted by Gasteiger charge is 2.44. The second-order valence-corrected chi connectivity index (χ2v) is 10.1. The fourth-order valence-corrected chi connectivity index (χ4v) is 5.62. The lowest BCUT2D eigenvalue weighted by atomic mass is 10.1. The minimum Gasteiger partial charge on any atom is -0.326 e. The quantitative estimate of drug-likeness (QED) is 0.306. The first-order valence-electron chi connectivity index (χ1n) is 12.1. The van der Waals surface area contributed by atoms with Gasteiger partial charge in [-0.05, 0) is 60.9 Å². The summed E-state index contributed by atoms with van der Waals surface area (Å²) in [6.07, 6.45) is 0.997. The Kier molecular flexibility index (Phi) is 6.65. The van der Waals surface area contributed by atoms with Gasteiger partial charge in [0, 0.05) is 18.5 Å². The summed E-state index contributed by atoms with van der Waals surface area (Å²) in [6.45, 7) is 4.29. The summed E-state index contributed by atoms with van der Waals surface area (Å²) in [7, 11) is 0. The fraction of sp³-hybridized carbons (Fsp3) is 0.241. The zero-order chi connectivity index (χ0) is 25.2. The molecule has 0 radical (unpaired) electrons. The van der Waals surface area contributed by atoms with Crippen LogP contribution in [-0.2, 0) is 20.9 Å². The minimum atomic E-state index is -0.802. The van der Waals surface area contributed by atoms with E-state index in [1.165, 1.54) is 10.5 Å². The van der Waals surface area contributed by atoms with Crippen molar-refractivity contribution in [3.8, 4) is 10.6 Å². The topological polar surface area (TPSA) is 70.6 Å². The number of aryl methyl sites for hydroxylation is 1. The van der Waals surface area contributed by atoms with Gasteiger partial charge in [-0.1, -0.05) is 43.3 Å². The summed E-state index contributed by atoms with van der Waals surface area (Å²) in [5.74, 6) is -0.769. The maximum absolute atomic E-state index is 13.5. The average Bonchev–Trinajstić information content (AvgIpc) is 3.43. The Morgan fingerprint density at radius 3 is 2.53 bits per heavy atom. The molecule has 1 fully saturated rings. The number of imide groups is 1. The van der Waals surface area contributed by atoms with Gasteiger partial charge in [0.2, 0.25) is 11.8 Å². The molecule has 0 spiro atoms. The standard InChI is InChI=1S/C29H27N3O3S/c1-3-7-26(33)31(18-20-8-5-4-6-9-20)24-17-27(34)32(29(24)35)22-13-11-21(12-14-22)28-30-23-15-10-19(2)16-25(23)36-28/h4-6,8-16,24H,3,7,17-18H2,1-2H3. The molecule has 0 saturated carbocycles. The van der Waals surface area contributed by atoms with E-state index < -0.39 is 6.04 Å². The summed E-state index contributed by atoms with van der Waals surface area (Å²) in [5, 5.41) is 0.887. The molecular formula is C29H27N3O3S. The van der Waals surface area contributed by atoms with Crippen LogP contribution in [-0.4, -0.2) is 33.6 Å². The number of amides is 3. The Hall–Kier alpha value is -3.84. The molecule has 1 aliphatic heterocycles. The highest BCUT2D eigenvalue weighted by atomic mass is 32.1. The van der Waals surface area contributed by atoms with Crippen LogP contribution in [0.25, 0.3) is 20.8 Å². The van der Waals surface area contributed by atoms with Crippen LogP contribution in [0.15, 0.2) is 72.8 Å². The van der Waals surface area contributed by atoms with Crippen LogP contribution in [0.2, 0.25) is 0 Å². The Bertz CT molecular complexity index is 1430. The number of rotatable bonds is 7. The number of anilines is 1. The summed E-state index contributed by atoms with van der Waals surface area (Å²) >= 11 is 1.61. The number of aromatic nitrogens is 1. The van der Waals surface area contributed by atoms with Gasteiger partial charge in [-0.15, -0.1) is 11.3 Å². The van der Waals surface area contributed by atoms with E-state index in [0.29, 0.717) is 25.1 Å².